The van der Waals surface area contributed by atoms with Gasteiger partial charge in [-0.3, -0.25) is 4.79 Å². The Hall–Kier alpha value is -2.34. The van der Waals surface area contributed by atoms with Gasteiger partial charge in [0.15, 0.2) is 6.61 Å². The lowest BCUT2D eigenvalue weighted by atomic mass is 10.2. The van der Waals surface area contributed by atoms with Gasteiger partial charge in [0.1, 0.15) is 0 Å². The number of rotatable bonds is 7. The second kappa shape index (κ2) is 8.85. The molecule has 0 spiro atoms. The number of nitrogens with one attached hydrogen (secondary N) is 1. The van der Waals surface area contributed by atoms with E-state index in [0.717, 1.165) is 29.9 Å². The maximum atomic E-state index is 12.1. The van der Waals surface area contributed by atoms with Gasteiger partial charge in [-0.05, 0) is 51.0 Å². The Morgan fingerprint density at radius 1 is 1.19 bits per heavy atom. The van der Waals surface area contributed by atoms with Gasteiger partial charge in [-0.2, -0.15) is 5.10 Å². The summed E-state index contributed by atoms with van der Waals surface area (Å²) in [5, 5.41) is 7.82. The quantitative estimate of drug-likeness (QED) is 0.748. The molecule has 6 nitrogen and oxygen atoms in total. The molecule has 0 bridgehead atoms. The van der Waals surface area contributed by atoms with Crippen LogP contribution in [0.2, 0.25) is 5.02 Å². The van der Waals surface area contributed by atoms with Crippen molar-refractivity contribution in [1.29, 1.82) is 0 Å². The maximum absolute atomic E-state index is 12.1. The fourth-order valence-electron chi connectivity index (χ4n) is 2.59. The highest BCUT2D eigenvalue weighted by atomic mass is 35.5. The number of hydrogen-bond donors (Lipinski definition) is 1. The van der Waals surface area contributed by atoms with Crippen LogP contribution in [0.25, 0.3) is 5.69 Å². The van der Waals surface area contributed by atoms with Crippen molar-refractivity contribution < 1.29 is 14.3 Å². The normalized spacial score (nSPS) is 10.8. The standard InChI is InChI=1S/C19H24ClN3O3/c1-5-15(6-2)21-17(24)11-26-19(25)14-7-9-16(10-8-14)23-13(4)18(20)12(3)22-23/h7-10,15H,5-6,11H2,1-4H3,(H,21,24). The van der Waals surface area contributed by atoms with Gasteiger partial charge in [-0.25, -0.2) is 9.48 Å². The zero-order chi connectivity index (χ0) is 19.3. The molecule has 1 N–H and O–H groups in total. The Balaban J connectivity index is 1.98. The number of carbonyl (C=O) groups is 2. The monoisotopic (exact) mass is 377 g/mol. The molecule has 1 heterocycles. The minimum Gasteiger partial charge on any atom is -0.452 e. The van der Waals surface area contributed by atoms with Crippen molar-refractivity contribution in [2.45, 2.75) is 46.6 Å². The fraction of sp³-hybridized carbons (Fsp3) is 0.421. The molecule has 0 unspecified atom stereocenters. The lowest BCUT2D eigenvalue weighted by Gasteiger charge is -2.14. The molecule has 7 heteroatoms. The van der Waals surface area contributed by atoms with Gasteiger partial charge in [0, 0.05) is 6.04 Å². The first-order valence-corrected chi connectivity index (χ1v) is 9.03. The minimum absolute atomic E-state index is 0.105. The Morgan fingerprint density at radius 3 is 2.31 bits per heavy atom. The van der Waals surface area contributed by atoms with Crippen LogP contribution in [0.15, 0.2) is 24.3 Å². The van der Waals surface area contributed by atoms with Crippen LogP contribution in [0.4, 0.5) is 0 Å². The number of aryl methyl sites for hydroxylation is 1. The van der Waals surface area contributed by atoms with E-state index in [0.29, 0.717) is 10.6 Å². The highest BCUT2D eigenvalue weighted by molar-refractivity contribution is 6.31. The van der Waals surface area contributed by atoms with E-state index in [4.69, 9.17) is 16.3 Å². The summed E-state index contributed by atoms with van der Waals surface area (Å²) in [6, 6.07) is 6.91. The minimum atomic E-state index is -0.539. The van der Waals surface area contributed by atoms with Gasteiger partial charge in [0.25, 0.3) is 5.91 Å². The molecule has 1 amide bonds. The summed E-state index contributed by atoms with van der Waals surface area (Å²) in [4.78, 5) is 23.9. The second-order valence-electron chi connectivity index (χ2n) is 6.10. The number of halogens is 1. The van der Waals surface area contributed by atoms with Crippen molar-refractivity contribution in [3.63, 3.8) is 0 Å². The highest BCUT2D eigenvalue weighted by Gasteiger charge is 2.14. The molecular formula is C19H24ClN3O3. The molecule has 2 aromatic rings. The Bertz CT molecular complexity index is 780. The Kier molecular flexibility index (Phi) is 6.80. The maximum Gasteiger partial charge on any atom is 0.338 e. The number of benzene rings is 1. The third-order valence-electron chi connectivity index (χ3n) is 4.24. The van der Waals surface area contributed by atoms with Crippen LogP contribution in [0.1, 0.15) is 48.4 Å². The molecule has 0 atom stereocenters. The van der Waals surface area contributed by atoms with Crippen LogP contribution < -0.4 is 5.32 Å². The van der Waals surface area contributed by atoms with Gasteiger partial charge in [-0.1, -0.05) is 25.4 Å². The number of nitrogens with zero attached hydrogens (tertiary/aromatic N) is 2. The van der Waals surface area contributed by atoms with E-state index in [9.17, 15) is 9.59 Å². The van der Waals surface area contributed by atoms with Crippen LogP contribution in [-0.2, 0) is 9.53 Å². The summed E-state index contributed by atoms with van der Waals surface area (Å²) in [5.74, 6) is -0.830. The number of esters is 1. The first kappa shape index (κ1) is 20.0. The Labute approximate surface area is 158 Å². The fourth-order valence-corrected chi connectivity index (χ4v) is 2.71. The largest absolute Gasteiger partial charge is 0.452 e. The van der Waals surface area contributed by atoms with Crippen LogP contribution >= 0.6 is 11.6 Å². The third kappa shape index (κ3) is 4.64. The molecule has 2 rings (SSSR count). The van der Waals surface area contributed by atoms with Crippen molar-refractivity contribution in [2.24, 2.45) is 0 Å². The smallest absolute Gasteiger partial charge is 0.338 e. The van der Waals surface area contributed by atoms with Crippen molar-refractivity contribution >= 4 is 23.5 Å². The van der Waals surface area contributed by atoms with E-state index in [1.165, 1.54) is 0 Å². The lowest BCUT2D eigenvalue weighted by molar-refractivity contribution is -0.125. The average molecular weight is 378 g/mol. The van der Waals surface area contributed by atoms with Crippen LogP contribution in [0.5, 0.6) is 0 Å². The number of aromatic nitrogens is 2. The predicted molar refractivity (Wildman–Crippen MR) is 101 cm³/mol. The summed E-state index contributed by atoms with van der Waals surface area (Å²) in [5.41, 5.74) is 2.74. The van der Waals surface area contributed by atoms with E-state index in [2.05, 4.69) is 10.4 Å². The van der Waals surface area contributed by atoms with Crippen molar-refractivity contribution in [3.8, 4) is 5.69 Å². The van der Waals surface area contributed by atoms with Gasteiger partial charge in [0.2, 0.25) is 0 Å². The van der Waals surface area contributed by atoms with E-state index >= 15 is 0 Å². The highest BCUT2D eigenvalue weighted by Crippen LogP contribution is 2.22. The van der Waals surface area contributed by atoms with E-state index < -0.39 is 5.97 Å². The second-order valence-corrected chi connectivity index (χ2v) is 6.48. The molecule has 0 radical (unpaired) electrons. The van der Waals surface area contributed by atoms with Gasteiger partial charge in [-0.15, -0.1) is 0 Å². The summed E-state index contributed by atoms with van der Waals surface area (Å²) in [7, 11) is 0. The summed E-state index contributed by atoms with van der Waals surface area (Å²) in [6.07, 6.45) is 1.68. The number of amides is 1. The van der Waals surface area contributed by atoms with Crippen molar-refractivity contribution in [3.05, 3.63) is 46.2 Å². The summed E-state index contributed by atoms with van der Waals surface area (Å²) < 4.78 is 6.80. The molecule has 0 aliphatic rings. The lowest BCUT2D eigenvalue weighted by Crippen LogP contribution is -2.36. The molecule has 26 heavy (non-hydrogen) atoms. The van der Waals surface area contributed by atoms with E-state index in [-0.39, 0.29) is 18.6 Å². The SMILES string of the molecule is CCC(CC)NC(=O)COC(=O)c1ccc(-n2nc(C)c(Cl)c2C)cc1. The van der Waals surface area contributed by atoms with Crippen molar-refractivity contribution in [2.75, 3.05) is 6.61 Å². The predicted octanol–water partition coefficient (Wildman–Crippen LogP) is 3.60. The van der Waals surface area contributed by atoms with Crippen molar-refractivity contribution in [1.82, 2.24) is 15.1 Å². The number of carbonyl (C=O) groups excluding carboxylic acids is 2. The van der Waals surface area contributed by atoms with Crippen LogP contribution in [0, 0.1) is 13.8 Å². The van der Waals surface area contributed by atoms with E-state index in [1.807, 2.05) is 27.7 Å². The zero-order valence-corrected chi connectivity index (χ0v) is 16.3. The molecule has 0 aliphatic heterocycles. The zero-order valence-electron chi connectivity index (χ0n) is 15.5. The van der Waals surface area contributed by atoms with Gasteiger partial charge in [0.05, 0.1) is 27.7 Å². The average Bonchev–Trinajstić information content (AvgIpc) is 2.91. The molecule has 0 saturated heterocycles. The van der Waals surface area contributed by atoms with E-state index in [1.54, 1.807) is 28.9 Å². The molecule has 1 aromatic carbocycles. The first-order chi connectivity index (χ1) is 12.4. The number of ether oxygens (including phenoxy) is 1. The molecule has 0 fully saturated rings. The third-order valence-corrected chi connectivity index (χ3v) is 4.78. The molecule has 0 saturated carbocycles. The first-order valence-electron chi connectivity index (χ1n) is 8.66. The summed E-state index contributed by atoms with van der Waals surface area (Å²) >= 11 is 6.16. The summed E-state index contributed by atoms with van der Waals surface area (Å²) in [6.45, 7) is 7.42. The molecule has 140 valence electrons. The van der Waals surface area contributed by atoms with Gasteiger partial charge >= 0.3 is 5.97 Å². The molecule has 0 aliphatic carbocycles. The molecular weight excluding hydrogens is 354 g/mol. The number of hydrogen-bond acceptors (Lipinski definition) is 4. The topological polar surface area (TPSA) is 73.2 Å². The Morgan fingerprint density at radius 2 is 1.81 bits per heavy atom. The van der Waals surface area contributed by atoms with Crippen LogP contribution in [0.3, 0.4) is 0 Å². The van der Waals surface area contributed by atoms with Crippen LogP contribution in [-0.4, -0.2) is 34.3 Å². The molecule has 1 aromatic heterocycles. The van der Waals surface area contributed by atoms with Gasteiger partial charge < -0.3 is 10.1 Å².